The number of nitrogens with one attached hydrogen (secondary N) is 1. The zero-order valence-electron chi connectivity index (χ0n) is 19.2. The normalized spacial score (nSPS) is 13.1. The summed E-state index contributed by atoms with van der Waals surface area (Å²) >= 11 is 0. The van der Waals surface area contributed by atoms with E-state index in [-0.39, 0.29) is 12.5 Å². The highest BCUT2D eigenvalue weighted by molar-refractivity contribution is 5.89. The van der Waals surface area contributed by atoms with Crippen LogP contribution in [0, 0.1) is 6.92 Å². The number of aryl methyl sites for hydroxylation is 2. The number of nitrogens with zero attached hydrogens (tertiary/aromatic N) is 2. The second-order valence-electron chi connectivity index (χ2n) is 8.53. The van der Waals surface area contributed by atoms with Gasteiger partial charge in [0.2, 0.25) is 5.91 Å². The van der Waals surface area contributed by atoms with Gasteiger partial charge >= 0.3 is 5.97 Å². The molecule has 1 aromatic heterocycles. The highest BCUT2D eigenvalue weighted by Crippen LogP contribution is 2.27. The third-order valence-corrected chi connectivity index (χ3v) is 6.01. The molecule has 6 heteroatoms. The van der Waals surface area contributed by atoms with Crippen LogP contribution in [0.3, 0.4) is 0 Å². The van der Waals surface area contributed by atoms with Crippen molar-refractivity contribution >= 4 is 11.9 Å². The third-order valence-electron chi connectivity index (χ3n) is 6.01. The molecule has 1 aliphatic rings. The number of aromatic nitrogens is 2. The van der Waals surface area contributed by atoms with Crippen LogP contribution < -0.4 is 5.32 Å². The van der Waals surface area contributed by atoms with E-state index < -0.39 is 5.97 Å². The Morgan fingerprint density at radius 2 is 1.82 bits per heavy atom. The van der Waals surface area contributed by atoms with Gasteiger partial charge in [0, 0.05) is 18.5 Å². The Morgan fingerprint density at radius 1 is 1.03 bits per heavy atom. The first-order valence-electron chi connectivity index (χ1n) is 11.8. The Hall–Kier alpha value is -3.41. The molecule has 172 valence electrons. The molecule has 0 fully saturated rings. The molecule has 4 rings (SSSR count). The van der Waals surface area contributed by atoms with Gasteiger partial charge in [0.1, 0.15) is 12.4 Å². The number of ether oxygens (including phenoxy) is 1. The summed E-state index contributed by atoms with van der Waals surface area (Å²) in [5, 5.41) is 2.83. The van der Waals surface area contributed by atoms with Crippen molar-refractivity contribution in [1.29, 1.82) is 0 Å². The molecule has 2 heterocycles. The van der Waals surface area contributed by atoms with Crippen LogP contribution in [0.1, 0.15) is 53.0 Å². The van der Waals surface area contributed by atoms with E-state index in [1.807, 2.05) is 61.5 Å². The van der Waals surface area contributed by atoms with E-state index in [0.29, 0.717) is 25.1 Å². The minimum absolute atomic E-state index is 0.0474. The molecule has 1 aliphatic heterocycles. The molecule has 0 atom stereocenters. The molecule has 1 amide bonds. The van der Waals surface area contributed by atoms with Crippen LogP contribution in [-0.2, 0) is 28.9 Å². The smallest absolute Gasteiger partial charge is 0.358 e. The highest BCUT2D eigenvalue weighted by Gasteiger charge is 2.25. The molecule has 1 N–H and O–H groups in total. The number of carbonyl (C=O) groups excluding carboxylic acids is 2. The van der Waals surface area contributed by atoms with Gasteiger partial charge in [-0.05, 0) is 38.2 Å². The minimum Gasteiger partial charge on any atom is -0.459 e. The Balaban J connectivity index is 1.31. The lowest BCUT2D eigenvalue weighted by Gasteiger charge is -2.09. The lowest BCUT2D eigenvalue weighted by Crippen LogP contribution is -2.28. The summed E-state index contributed by atoms with van der Waals surface area (Å²) in [4.78, 5) is 29.7. The first kappa shape index (κ1) is 22.8. The predicted octanol–water partition coefficient (Wildman–Crippen LogP) is 4.49. The number of benzene rings is 2. The molecule has 6 nitrogen and oxygen atoms in total. The SMILES string of the molecule is Cc1ccc(CCC(=O)NCCOC(=O)c2nc(-c3ccccc3)n3c2CCCCC3)cc1. The van der Waals surface area contributed by atoms with E-state index in [4.69, 9.17) is 4.74 Å². The maximum atomic E-state index is 12.8. The van der Waals surface area contributed by atoms with Gasteiger partial charge in [0.15, 0.2) is 5.69 Å². The van der Waals surface area contributed by atoms with E-state index in [0.717, 1.165) is 54.9 Å². The van der Waals surface area contributed by atoms with Gasteiger partial charge in [-0.15, -0.1) is 0 Å². The van der Waals surface area contributed by atoms with Gasteiger partial charge < -0.3 is 14.6 Å². The molecule has 33 heavy (non-hydrogen) atoms. The van der Waals surface area contributed by atoms with Crippen LogP contribution >= 0.6 is 0 Å². The molecule has 2 aromatic carbocycles. The molecule has 0 radical (unpaired) electrons. The third kappa shape index (κ3) is 5.89. The van der Waals surface area contributed by atoms with Crippen LogP contribution in [0.25, 0.3) is 11.4 Å². The zero-order chi connectivity index (χ0) is 23.0. The summed E-state index contributed by atoms with van der Waals surface area (Å²) in [5.41, 5.74) is 4.70. The fourth-order valence-electron chi connectivity index (χ4n) is 4.19. The van der Waals surface area contributed by atoms with Crippen molar-refractivity contribution in [3.05, 3.63) is 77.1 Å². The molecule has 0 spiro atoms. The van der Waals surface area contributed by atoms with Crippen LogP contribution in [0.4, 0.5) is 0 Å². The van der Waals surface area contributed by atoms with Gasteiger partial charge in [0.05, 0.1) is 12.2 Å². The average Bonchev–Trinajstić information content (AvgIpc) is 3.03. The summed E-state index contributed by atoms with van der Waals surface area (Å²) in [6.07, 6.45) is 5.17. The molecule has 0 saturated heterocycles. The number of hydrogen-bond donors (Lipinski definition) is 1. The van der Waals surface area contributed by atoms with E-state index in [1.165, 1.54) is 5.56 Å². The lowest BCUT2D eigenvalue weighted by atomic mass is 10.1. The number of rotatable bonds is 8. The summed E-state index contributed by atoms with van der Waals surface area (Å²) in [5.74, 6) is 0.356. The second kappa shape index (κ2) is 10.9. The van der Waals surface area contributed by atoms with Crippen molar-refractivity contribution in [3.8, 4) is 11.4 Å². The molecule has 0 saturated carbocycles. The predicted molar refractivity (Wildman–Crippen MR) is 128 cm³/mol. The average molecular weight is 446 g/mol. The first-order chi connectivity index (χ1) is 16.1. The molecule has 3 aromatic rings. The minimum atomic E-state index is -0.420. The fraction of sp³-hybridized carbons (Fsp3) is 0.370. The monoisotopic (exact) mass is 445 g/mol. The summed E-state index contributed by atoms with van der Waals surface area (Å²) in [7, 11) is 0. The number of carbonyl (C=O) groups is 2. The van der Waals surface area contributed by atoms with Gasteiger partial charge in [-0.3, -0.25) is 4.79 Å². The summed E-state index contributed by atoms with van der Waals surface area (Å²) in [6.45, 7) is 3.32. The summed E-state index contributed by atoms with van der Waals surface area (Å²) in [6, 6.07) is 18.1. The molecular formula is C27H31N3O3. The maximum Gasteiger partial charge on any atom is 0.358 e. The van der Waals surface area contributed by atoms with Crippen molar-refractivity contribution in [3.63, 3.8) is 0 Å². The Labute approximate surface area is 195 Å². The fourth-order valence-corrected chi connectivity index (χ4v) is 4.19. The van der Waals surface area contributed by atoms with Gasteiger partial charge in [0.25, 0.3) is 0 Å². The van der Waals surface area contributed by atoms with Crippen LogP contribution in [0.5, 0.6) is 0 Å². The molecular weight excluding hydrogens is 414 g/mol. The van der Waals surface area contributed by atoms with Gasteiger partial charge in [-0.1, -0.05) is 66.6 Å². The highest BCUT2D eigenvalue weighted by atomic mass is 16.5. The van der Waals surface area contributed by atoms with Gasteiger partial charge in [-0.25, -0.2) is 9.78 Å². The molecule has 0 bridgehead atoms. The largest absolute Gasteiger partial charge is 0.459 e. The number of esters is 1. The van der Waals surface area contributed by atoms with Crippen molar-refractivity contribution in [2.75, 3.05) is 13.2 Å². The molecule has 0 unspecified atom stereocenters. The number of imidazole rings is 1. The van der Waals surface area contributed by atoms with Crippen LogP contribution in [-0.4, -0.2) is 34.6 Å². The first-order valence-corrected chi connectivity index (χ1v) is 11.8. The number of amides is 1. The number of hydrogen-bond acceptors (Lipinski definition) is 4. The maximum absolute atomic E-state index is 12.8. The van der Waals surface area contributed by atoms with Crippen molar-refractivity contribution < 1.29 is 14.3 Å². The van der Waals surface area contributed by atoms with Crippen LogP contribution in [0.2, 0.25) is 0 Å². The topological polar surface area (TPSA) is 73.2 Å². The van der Waals surface area contributed by atoms with Crippen molar-refractivity contribution in [1.82, 2.24) is 14.9 Å². The van der Waals surface area contributed by atoms with Crippen molar-refractivity contribution in [2.45, 2.75) is 52.0 Å². The molecule has 0 aliphatic carbocycles. The summed E-state index contributed by atoms with van der Waals surface area (Å²) < 4.78 is 7.65. The van der Waals surface area contributed by atoms with E-state index >= 15 is 0 Å². The lowest BCUT2D eigenvalue weighted by molar-refractivity contribution is -0.121. The number of fused-ring (bicyclic) bond motifs is 1. The van der Waals surface area contributed by atoms with Crippen LogP contribution in [0.15, 0.2) is 54.6 Å². The van der Waals surface area contributed by atoms with Crippen molar-refractivity contribution in [2.24, 2.45) is 0 Å². The zero-order valence-corrected chi connectivity index (χ0v) is 19.2. The Bertz CT molecular complexity index is 1090. The Morgan fingerprint density at radius 3 is 2.61 bits per heavy atom. The van der Waals surface area contributed by atoms with Gasteiger partial charge in [-0.2, -0.15) is 0 Å². The Kier molecular flexibility index (Phi) is 7.55. The quantitative estimate of drug-likeness (QED) is 0.410. The van der Waals surface area contributed by atoms with E-state index in [9.17, 15) is 9.59 Å². The standard InChI is InChI=1S/C27H31N3O3/c1-20-11-13-21(14-12-20)15-16-24(31)28-17-19-33-27(32)25-23-10-6-3-7-18-30(23)26(29-25)22-8-4-2-5-9-22/h2,4-5,8-9,11-14H,3,6-7,10,15-19H2,1H3,(H,28,31). The second-order valence-corrected chi connectivity index (χ2v) is 8.53. The van der Waals surface area contributed by atoms with E-state index in [2.05, 4.69) is 14.9 Å². The van der Waals surface area contributed by atoms with E-state index in [1.54, 1.807) is 0 Å².